The summed E-state index contributed by atoms with van der Waals surface area (Å²) in [5.74, 6) is -0.222. The summed E-state index contributed by atoms with van der Waals surface area (Å²) in [5.41, 5.74) is 2.34. The van der Waals surface area contributed by atoms with E-state index in [4.69, 9.17) is 11.6 Å². The van der Waals surface area contributed by atoms with Crippen LogP contribution in [0, 0.1) is 0 Å². The summed E-state index contributed by atoms with van der Waals surface area (Å²) in [6.45, 7) is 0. The minimum Gasteiger partial charge on any atom is -0.293 e. The molecule has 3 rings (SSSR count). The Morgan fingerprint density at radius 3 is 2.50 bits per heavy atom. The molecule has 1 atom stereocenters. The van der Waals surface area contributed by atoms with Gasteiger partial charge in [-0.05, 0) is 29.8 Å². The third kappa shape index (κ3) is 1.85. The number of carbonyl (C=O) groups excluding carboxylic acids is 1. The predicted molar refractivity (Wildman–Crippen MR) is 73.1 cm³/mol. The van der Waals surface area contributed by atoms with E-state index < -0.39 is 0 Å². The Hall–Kier alpha value is -1.93. The maximum absolute atomic E-state index is 12.4. The normalized spacial score (nSPS) is 17.6. The van der Waals surface area contributed by atoms with Crippen LogP contribution in [0.25, 0.3) is 0 Å². The van der Waals surface area contributed by atoms with Gasteiger partial charge in [0.25, 0.3) is 0 Å². The summed E-state index contributed by atoms with van der Waals surface area (Å²) in [6.07, 6.45) is 1.70. The Morgan fingerprint density at radius 1 is 1.00 bits per heavy atom. The van der Waals surface area contributed by atoms with Crippen LogP contribution in [0.5, 0.6) is 0 Å². The zero-order valence-corrected chi connectivity index (χ0v) is 10.3. The van der Waals surface area contributed by atoms with Crippen molar-refractivity contribution in [2.24, 2.45) is 4.99 Å². The Labute approximate surface area is 110 Å². The van der Waals surface area contributed by atoms with Crippen molar-refractivity contribution in [2.75, 3.05) is 0 Å². The second-order valence-corrected chi connectivity index (χ2v) is 4.63. The molecule has 0 N–H and O–H groups in total. The smallest absolute Gasteiger partial charge is 0.177 e. The van der Waals surface area contributed by atoms with Gasteiger partial charge in [-0.1, -0.05) is 35.9 Å². The van der Waals surface area contributed by atoms with Crippen LogP contribution in [0.15, 0.2) is 53.5 Å². The van der Waals surface area contributed by atoms with Crippen LogP contribution in [0.3, 0.4) is 0 Å². The van der Waals surface area contributed by atoms with Gasteiger partial charge in [-0.2, -0.15) is 0 Å². The number of para-hydroxylation sites is 1. The zero-order valence-electron chi connectivity index (χ0n) is 9.51. The lowest BCUT2D eigenvalue weighted by molar-refractivity contribution is 0.0983. The van der Waals surface area contributed by atoms with Gasteiger partial charge in [0.1, 0.15) is 0 Å². The molecule has 0 radical (unpaired) electrons. The summed E-state index contributed by atoms with van der Waals surface area (Å²) in [7, 11) is 0. The lowest BCUT2D eigenvalue weighted by Gasteiger charge is -2.17. The van der Waals surface area contributed by atoms with E-state index in [0.717, 1.165) is 11.3 Å². The molecule has 1 heterocycles. The molecule has 1 unspecified atom stereocenters. The highest BCUT2D eigenvalue weighted by molar-refractivity contribution is 6.30. The minimum atomic E-state index is -0.308. The molecule has 3 heteroatoms. The number of fused-ring (bicyclic) bond motifs is 1. The first-order valence-electron chi connectivity index (χ1n) is 5.68. The molecule has 0 aliphatic carbocycles. The van der Waals surface area contributed by atoms with Gasteiger partial charge in [0.05, 0.1) is 11.6 Å². The van der Waals surface area contributed by atoms with Gasteiger partial charge in [-0.3, -0.25) is 9.79 Å². The Balaban J connectivity index is 2.03. The van der Waals surface area contributed by atoms with Crippen LogP contribution < -0.4 is 0 Å². The number of carbonyl (C=O) groups is 1. The van der Waals surface area contributed by atoms with E-state index in [1.54, 1.807) is 18.3 Å². The van der Waals surface area contributed by atoms with Gasteiger partial charge >= 0.3 is 0 Å². The number of Topliss-reactive ketones (excluding diaryl/α,β-unsaturated/α-hetero) is 1. The maximum atomic E-state index is 12.4. The fourth-order valence-electron chi connectivity index (χ4n) is 2.09. The van der Waals surface area contributed by atoms with Gasteiger partial charge in [-0.15, -0.1) is 0 Å². The highest BCUT2D eigenvalue weighted by Gasteiger charge is 2.25. The lowest BCUT2D eigenvalue weighted by atomic mass is 9.89. The highest BCUT2D eigenvalue weighted by atomic mass is 35.5. The number of aliphatic imine (C=N–C) groups is 1. The van der Waals surface area contributed by atoms with Crippen molar-refractivity contribution in [3.8, 4) is 0 Å². The maximum Gasteiger partial charge on any atom is 0.177 e. The van der Waals surface area contributed by atoms with Crippen molar-refractivity contribution < 1.29 is 4.79 Å². The van der Waals surface area contributed by atoms with Crippen LogP contribution in [-0.4, -0.2) is 12.0 Å². The first-order chi connectivity index (χ1) is 8.75. The van der Waals surface area contributed by atoms with Crippen LogP contribution in [-0.2, 0) is 0 Å². The summed E-state index contributed by atoms with van der Waals surface area (Å²) in [5, 5.41) is 0.666. The van der Waals surface area contributed by atoms with Gasteiger partial charge in [0.2, 0.25) is 0 Å². The first-order valence-corrected chi connectivity index (χ1v) is 6.06. The monoisotopic (exact) mass is 255 g/mol. The standard InChI is InChI=1S/C15H10ClNO/c16-11-7-5-10(6-8-11)13-9-17-14-4-2-1-3-12(14)15(13)18/h1-9,13H. The molecular weight excluding hydrogens is 246 g/mol. The summed E-state index contributed by atoms with van der Waals surface area (Å²) in [6, 6.07) is 14.7. The van der Waals surface area contributed by atoms with Crippen molar-refractivity contribution in [3.63, 3.8) is 0 Å². The van der Waals surface area contributed by atoms with Gasteiger partial charge < -0.3 is 0 Å². The number of rotatable bonds is 1. The minimum absolute atomic E-state index is 0.0860. The average molecular weight is 256 g/mol. The van der Waals surface area contributed by atoms with Crippen LogP contribution in [0.2, 0.25) is 5.02 Å². The van der Waals surface area contributed by atoms with Gasteiger partial charge in [0, 0.05) is 16.8 Å². The fourth-order valence-corrected chi connectivity index (χ4v) is 2.22. The quantitative estimate of drug-likeness (QED) is 0.757. The van der Waals surface area contributed by atoms with Gasteiger partial charge in [-0.25, -0.2) is 0 Å². The molecule has 2 aromatic rings. The topological polar surface area (TPSA) is 29.4 Å². The molecule has 88 valence electrons. The molecule has 0 saturated heterocycles. The first kappa shape index (κ1) is 11.2. The summed E-state index contributed by atoms with van der Waals surface area (Å²) in [4.78, 5) is 16.7. The highest BCUT2D eigenvalue weighted by Crippen LogP contribution is 2.30. The van der Waals surface area contributed by atoms with Crippen LogP contribution >= 0.6 is 11.6 Å². The number of hydrogen-bond acceptors (Lipinski definition) is 2. The molecule has 18 heavy (non-hydrogen) atoms. The molecule has 1 aliphatic heterocycles. The lowest BCUT2D eigenvalue weighted by Crippen LogP contribution is -2.17. The summed E-state index contributed by atoms with van der Waals surface area (Å²) >= 11 is 5.85. The Bertz CT molecular complexity index is 631. The molecule has 0 amide bonds. The average Bonchev–Trinajstić information content (AvgIpc) is 2.41. The number of ketones is 1. The zero-order chi connectivity index (χ0) is 12.5. The third-order valence-corrected chi connectivity index (χ3v) is 3.30. The van der Waals surface area contributed by atoms with Crippen molar-refractivity contribution in [1.82, 2.24) is 0 Å². The van der Waals surface area contributed by atoms with E-state index in [1.165, 1.54) is 0 Å². The van der Waals surface area contributed by atoms with E-state index >= 15 is 0 Å². The van der Waals surface area contributed by atoms with E-state index in [9.17, 15) is 4.79 Å². The second-order valence-electron chi connectivity index (χ2n) is 4.19. The van der Waals surface area contributed by atoms with Crippen molar-refractivity contribution >= 4 is 29.3 Å². The molecule has 2 nitrogen and oxygen atoms in total. The molecule has 2 aromatic carbocycles. The van der Waals surface area contributed by atoms with E-state index in [1.807, 2.05) is 36.4 Å². The molecule has 0 spiro atoms. The largest absolute Gasteiger partial charge is 0.293 e. The number of halogens is 1. The van der Waals surface area contributed by atoms with Crippen molar-refractivity contribution in [1.29, 1.82) is 0 Å². The second kappa shape index (κ2) is 4.39. The van der Waals surface area contributed by atoms with E-state index in [-0.39, 0.29) is 11.7 Å². The van der Waals surface area contributed by atoms with Crippen LogP contribution in [0.1, 0.15) is 21.8 Å². The molecule has 0 fully saturated rings. The Morgan fingerprint density at radius 2 is 1.72 bits per heavy atom. The van der Waals surface area contributed by atoms with E-state index in [0.29, 0.717) is 10.6 Å². The number of benzene rings is 2. The SMILES string of the molecule is O=C1c2ccccc2N=CC1c1ccc(Cl)cc1. The Kier molecular flexibility index (Phi) is 2.73. The molecule has 0 bridgehead atoms. The van der Waals surface area contributed by atoms with Crippen LogP contribution in [0.4, 0.5) is 5.69 Å². The fraction of sp³-hybridized carbons (Fsp3) is 0.0667. The van der Waals surface area contributed by atoms with Gasteiger partial charge in [0.15, 0.2) is 5.78 Å². The summed E-state index contributed by atoms with van der Waals surface area (Å²) < 4.78 is 0. The third-order valence-electron chi connectivity index (χ3n) is 3.04. The van der Waals surface area contributed by atoms with Crippen molar-refractivity contribution in [3.05, 3.63) is 64.7 Å². The molecule has 0 saturated carbocycles. The van der Waals surface area contributed by atoms with Crippen molar-refractivity contribution in [2.45, 2.75) is 5.92 Å². The number of nitrogens with zero attached hydrogens (tertiary/aromatic N) is 1. The number of hydrogen-bond donors (Lipinski definition) is 0. The molecule has 1 aliphatic rings. The van der Waals surface area contributed by atoms with E-state index in [2.05, 4.69) is 4.99 Å². The predicted octanol–water partition coefficient (Wildman–Crippen LogP) is 4.02. The molecule has 0 aromatic heterocycles. The molecular formula is C15H10ClNO.